The van der Waals surface area contributed by atoms with Crippen LogP contribution in [0.3, 0.4) is 0 Å². The monoisotopic (exact) mass is 525 g/mol. The van der Waals surface area contributed by atoms with E-state index >= 15 is 0 Å². The van der Waals surface area contributed by atoms with Crippen LogP contribution in [0.5, 0.6) is 0 Å². The van der Waals surface area contributed by atoms with Gasteiger partial charge < -0.3 is 10.3 Å². The molecule has 4 heterocycles. The number of benzene rings is 3. The number of carbonyl (C=O) groups is 1. The Bertz CT molecular complexity index is 2030. The minimum Gasteiger partial charge on any atom is -0.337 e. The number of nitrogens with one attached hydrogen (secondary N) is 3. The standard InChI is InChI=1S/C31H20FN7O/c32-21-9-4-8-19(12-21)23-10-5-11-25-28(23)37-30(36-25)29-24-14-26(34-17-27(24)38-39-29)20-13-22(16-33-15-20)35-31(40)18-6-2-1-3-7-18/h1-17H,(H,35,40)(H,36,37)(H,38,39). The van der Waals surface area contributed by atoms with Crippen LogP contribution in [0, 0.1) is 5.82 Å². The summed E-state index contributed by atoms with van der Waals surface area (Å²) in [4.78, 5) is 29.7. The van der Waals surface area contributed by atoms with Gasteiger partial charge in [-0.1, -0.05) is 42.5 Å². The fourth-order valence-corrected chi connectivity index (χ4v) is 4.73. The van der Waals surface area contributed by atoms with E-state index in [1.807, 2.05) is 54.6 Å². The van der Waals surface area contributed by atoms with Gasteiger partial charge in [-0.3, -0.25) is 19.9 Å². The van der Waals surface area contributed by atoms with Crippen LogP contribution >= 0.6 is 0 Å². The molecule has 3 aromatic carbocycles. The van der Waals surface area contributed by atoms with Gasteiger partial charge in [0.15, 0.2) is 5.82 Å². The molecule has 0 aliphatic carbocycles. The van der Waals surface area contributed by atoms with Crippen LogP contribution in [0.15, 0.2) is 104 Å². The summed E-state index contributed by atoms with van der Waals surface area (Å²) in [5.41, 5.74) is 6.98. The highest BCUT2D eigenvalue weighted by Gasteiger charge is 2.17. The number of para-hydroxylation sites is 1. The van der Waals surface area contributed by atoms with Gasteiger partial charge >= 0.3 is 0 Å². The third kappa shape index (κ3) is 4.25. The van der Waals surface area contributed by atoms with Crippen molar-refractivity contribution < 1.29 is 9.18 Å². The van der Waals surface area contributed by atoms with Crippen LogP contribution in [0.1, 0.15) is 10.4 Å². The van der Waals surface area contributed by atoms with Crippen molar-refractivity contribution in [1.82, 2.24) is 30.1 Å². The maximum absolute atomic E-state index is 13.9. The fourth-order valence-electron chi connectivity index (χ4n) is 4.73. The molecule has 0 aliphatic heterocycles. The number of hydrogen-bond donors (Lipinski definition) is 3. The molecule has 7 rings (SSSR count). The number of halogens is 1. The van der Waals surface area contributed by atoms with E-state index in [0.717, 1.165) is 38.6 Å². The van der Waals surface area contributed by atoms with Gasteiger partial charge in [-0.15, -0.1) is 0 Å². The number of fused-ring (bicyclic) bond motifs is 2. The Balaban J connectivity index is 1.25. The zero-order valence-corrected chi connectivity index (χ0v) is 20.9. The topological polar surface area (TPSA) is 112 Å². The summed E-state index contributed by atoms with van der Waals surface area (Å²) in [6, 6.07) is 24.9. The van der Waals surface area contributed by atoms with Crippen molar-refractivity contribution in [3.8, 4) is 33.9 Å². The maximum atomic E-state index is 13.9. The van der Waals surface area contributed by atoms with Crippen molar-refractivity contribution in [2.45, 2.75) is 0 Å². The van der Waals surface area contributed by atoms with Gasteiger partial charge in [-0.05, 0) is 48.0 Å². The smallest absolute Gasteiger partial charge is 0.255 e. The van der Waals surface area contributed by atoms with E-state index in [2.05, 4.69) is 30.5 Å². The number of carbonyl (C=O) groups excluding carboxylic acids is 1. The first-order valence-electron chi connectivity index (χ1n) is 12.5. The zero-order valence-electron chi connectivity index (χ0n) is 20.9. The molecular formula is C31H20FN7O. The van der Waals surface area contributed by atoms with E-state index < -0.39 is 0 Å². The molecule has 0 bridgehead atoms. The number of hydrogen-bond acceptors (Lipinski definition) is 5. The predicted molar refractivity (Wildman–Crippen MR) is 152 cm³/mol. The average Bonchev–Trinajstić information content (AvgIpc) is 3.61. The van der Waals surface area contributed by atoms with Crippen LogP contribution in [0.25, 0.3) is 55.8 Å². The van der Waals surface area contributed by atoms with Gasteiger partial charge in [-0.25, -0.2) is 9.37 Å². The van der Waals surface area contributed by atoms with Crippen LogP contribution in [0.2, 0.25) is 0 Å². The van der Waals surface area contributed by atoms with Crippen molar-refractivity contribution in [3.63, 3.8) is 0 Å². The minimum atomic E-state index is -0.304. The van der Waals surface area contributed by atoms with E-state index in [9.17, 15) is 9.18 Å². The number of aromatic amines is 2. The Hall–Kier alpha value is -5.70. The summed E-state index contributed by atoms with van der Waals surface area (Å²) in [5.74, 6) is 0.0496. The lowest BCUT2D eigenvalue weighted by atomic mass is 10.0. The van der Waals surface area contributed by atoms with Gasteiger partial charge in [0.05, 0.1) is 40.3 Å². The third-order valence-electron chi connectivity index (χ3n) is 6.65. The molecule has 3 N–H and O–H groups in total. The Morgan fingerprint density at radius 3 is 2.58 bits per heavy atom. The molecule has 0 radical (unpaired) electrons. The molecule has 0 aliphatic rings. The van der Waals surface area contributed by atoms with E-state index in [1.165, 1.54) is 12.1 Å². The molecule has 40 heavy (non-hydrogen) atoms. The molecule has 0 unspecified atom stereocenters. The van der Waals surface area contributed by atoms with Gasteiger partial charge in [-0.2, -0.15) is 5.10 Å². The van der Waals surface area contributed by atoms with E-state index in [-0.39, 0.29) is 11.7 Å². The highest BCUT2D eigenvalue weighted by molar-refractivity contribution is 6.04. The summed E-state index contributed by atoms with van der Waals surface area (Å²) in [6.07, 6.45) is 4.99. The highest BCUT2D eigenvalue weighted by Crippen LogP contribution is 2.33. The van der Waals surface area contributed by atoms with E-state index in [0.29, 0.717) is 28.5 Å². The molecule has 192 valence electrons. The number of imidazole rings is 1. The SMILES string of the molecule is O=C(Nc1cncc(-c2cc3c(-c4nc5c(-c6cccc(F)c6)cccc5[nH]4)n[nH]c3cn2)c1)c1ccccc1. The lowest BCUT2D eigenvalue weighted by molar-refractivity contribution is 0.102. The number of aromatic nitrogens is 6. The van der Waals surface area contributed by atoms with Gasteiger partial charge in [0.1, 0.15) is 11.5 Å². The number of H-pyrrole nitrogens is 2. The Kier molecular flexibility index (Phi) is 5.59. The van der Waals surface area contributed by atoms with Crippen LogP contribution in [0.4, 0.5) is 10.1 Å². The number of anilines is 1. The predicted octanol–water partition coefficient (Wildman–Crippen LogP) is 6.62. The summed E-state index contributed by atoms with van der Waals surface area (Å²) in [7, 11) is 0. The number of nitrogens with zero attached hydrogens (tertiary/aromatic N) is 4. The summed E-state index contributed by atoms with van der Waals surface area (Å²) < 4.78 is 13.9. The maximum Gasteiger partial charge on any atom is 0.255 e. The Labute approximate surface area is 227 Å². The fraction of sp³-hybridized carbons (Fsp3) is 0. The number of rotatable bonds is 5. The van der Waals surface area contributed by atoms with E-state index in [4.69, 9.17) is 4.98 Å². The first-order chi connectivity index (χ1) is 19.6. The normalized spacial score (nSPS) is 11.2. The summed E-state index contributed by atoms with van der Waals surface area (Å²) >= 11 is 0. The first kappa shape index (κ1) is 23.4. The number of amides is 1. The Morgan fingerprint density at radius 1 is 0.825 bits per heavy atom. The number of pyridine rings is 2. The van der Waals surface area contributed by atoms with Crippen molar-refractivity contribution in [1.29, 1.82) is 0 Å². The summed E-state index contributed by atoms with van der Waals surface area (Å²) in [6.45, 7) is 0. The molecule has 8 nitrogen and oxygen atoms in total. The largest absolute Gasteiger partial charge is 0.337 e. The highest BCUT2D eigenvalue weighted by atomic mass is 19.1. The second-order valence-electron chi connectivity index (χ2n) is 9.27. The van der Waals surface area contributed by atoms with Crippen molar-refractivity contribution >= 4 is 33.5 Å². The molecule has 1 amide bonds. The quantitative estimate of drug-likeness (QED) is 0.234. The first-order valence-corrected chi connectivity index (χ1v) is 12.5. The molecule has 0 fully saturated rings. The molecule has 4 aromatic heterocycles. The lowest BCUT2D eigenvalue weighted by Crippen LogP contribution is -2.11. The van der Waals surface area contributed by atoms with Crippen LogP contribution in [-0.4, -0.2) is 36.0 Å². The van der Waals surface area contributed by atoms with Gasteiger partial charge in [0.2, 0.25) is 0 Å². The molecular weight excluding hydrogens is 505 g/mol. The molecule has 0 saturated heterocycles. The minimum absolute atomic E-state index is 0.220. The van der Waals surface area contributed by atoms with Gasteiger partial charge in [0.25, 0.3) is 5.91 Å². The molecule has 0 saturated carbocycles. The second-order valence-corrected chi connectivity index (χ2v) is 9.27. The molecule has 0 atom stereocenters. The molecule has 7 aromatic rings. The summed E-state index contributed by atoms with van der Waals surface area (Å²) in [5, 5.41) is 11.2. The van der Waals surface area contributed by atoms with Crippen molar-refractivity contribution in [2.24, 2.45) is 0 Å². The average molecular weight is 526 g/mol. The van der Waals surface area contributed by atoms with Crippen LogP contribution in [-0.2, 0) is 0 Å². The Morgan fingerprint density at radius 2 is 1.70 bits per heavy atom. The third-order valence-corrected chi connectivity index (χ3v) is 6.65. The lowest BCUT2D eigenvalue weighted by Gasteiger charge is -2.07. The zero-order chi connectivity index (χ0) is 27.1. The molecule has 9 heteroatoms. The van der Waals surface area contributed by atoms with Crippen molar-refractivity contribution in [3.05, 3.63) is 115 Å². The van der Waals surface area contributed by atoms with E-state index in [1.54, 1.807) is 36.8 Å². The van der Waals surface area contributed by atoms with Gasteiger partial charge in [0, 0.05) is 28.3 Å². The second kappa shape index (κ2) is 9.55. The van der Waals surface area contributed by atoms with Crippen molar-refractivity contribution in [2.75, 3.05) is 5.32 Å². The van der Waals surface area contributed by atoms with Crippen LogP contribution < -0.4 is 5.32 Å². The molecule has 0 spiro atoms.